The summed E-state index contributed by atoms with van der Waals surface area (Å²) >= 11 is 1.73. The molecule has 0 unspecified atom stereocenters. The second-order valence-corrected chi connectivity index (χ2v) is 6.79. The highest BCUT2D eigenvalue weighted by atomic mass is 32.1. The normalized spacial score (nSPS) is 11.5. The summed E-state index contributed by atoms with van der Waals surface area (Å²) in [5.41, 5.74) is 2.03. The Morgan fingerprint density at radius 3 is 2.92 bits per heavy atom. The van der Waals surface area contributed by atoms with Crippen LogP contribution in [-0.4, -0.2) is 15.1 Å². The molecule has 0 aliphatic rings. The molecule has 6 nitrogen and oxygen atoms in total. The molecule has 1 N–H and O–H groups in total. The Hall–Kier alpha value is -2.67. The zero-order valence-corrected chi connectivity index (χ0v) is 14.1. The zero-order chi connectivity index (χ0) is 16.5. The Kier molecular flexibility index (Phi) is 3.78. The number of rotatable bonds is 5. The van der Waals surface area contributed by atoms with E-state index in [4.69, 9.17) is 8.94 Å². The molecule has 122 valence electrons. The third-order valence-corrected chi connectivity index (χ3v) is 4.87. The summed E-state index contributed by atoms with van der Waals surface area (Å²) in [4.78, 5) is 8.96. The molecule has 0 radical (unpaired) electrons. The van der Waals surface area contributed by atoms with Crippen LogP contribution < -0.4 is 5.32 Å². The highest BCUT2D eigenvalue weighted by Crippen LogP contribution is 2.29. The first-order valence-corrected chi connectivity index (χ1v) is 8.51. The minimum Gasteiger partial charge on any atom is -0.461 e. The van der Waals surface area contributed by atoms with Crippen molar-refractivity contribution >= 4 is 27.2 Å². The van der Waals surface area contributed by atoms with Crippen molar-refractivity contribution in [3.05, 3.63) is 47.5 Å². The lowest BCUT2D eigenvalue weighted by molar-refractivity contribution is 0.382. The maximum Gasteiger partial charge on any atom is 0.246 e. The number of hydrogen-bond acceptors (Lipinski definition) is 7. The van der Waals surface area contributed by atoms with Gasteiger partial charge in [-0.2, -0.15) is 4.98 Å². The third-order valence-electron chi connectivity index (χ3n) is 3.55. The molecular weight excluding hydrogens is 324 g/mol. The second-order valence-electron chi connectivity index (χ2n) is 5.73. The number of anilines is 1. The van der Waals surface area contributed by atoms with Gasteiger partial charge in [-0.05, 0) is 30.3 Å². The summed E-state index contributed by atoms with van der Waals surface area (Å²) in [5.74, 6) is 2.00. The number of furan rings is 1. The summed E-state index contributed by atoms with van der Waals surface area (Å²) < 4.78 is 11.7. The van der Waals surface area contributed by atoms with Crippen LogP contribution in [0.1, 0.15) is 30.7 Å². The van der Waals surface area contributed by atoms with Crippen LogP contribution >= 0.6 is 11.3 Å². The van der Waals surface area contributed by atoms with Crippen LogP contribution in [0.25, 0.3) is 21.8 Å². The van der Waals surface area contributed by atoms with Crippen LogP contribution in [0.4, 0.5) is 5.69 Å². The van der Waals surface area contributed by atoms with E-state index in [1.807, 2.05) is 12.1 Å². The van der Waals surface area contributed by atoms with Gasteiger partial charge in [-0.3, -0.25) is 0 Å². The van der Waals surface area contributed by atoms with Crippen LogP contribution in [0, 0.1) is 0 Å². The molecule has 0 saturated carbocycles. The van der Waals surface area contributed by atoms with Crippen molar-refractivity contribution in [3.8, 4) is 11.6 Å². The highest BCUT2D eigenvalue weighted by molar-refractivity contribution is 7.18. The van der Waals surface area contributed by atoms with E-state index in [9.17, 15) is 0 Å². The van der Waals surface area contributed by atoms with Crippen molar-refractivity contribution in [2.24, 2.45) is 0 Å². The average molecular weight is 340 g/mol. The lowest BCUT2D eigenvalue weighted by Gasteiger charge is -2.02. The molecule has 0 saturated heterocycles. The molecule has 0 fully saturated rings. The molecule has 0 spiro atoms. The van der Waals surface area contributed by atoms with Gasteiger partial charge in [0.2, 0.25) is 11.7 Å². The number of aromatic nitrogens is 3. The van der Waals surface area contributed by atoms with E-state index in [0.717, 1.165) is 16.2 Å². The first-order chi connectivity index (χ1) is 11.7. The fourth-order valence-corrected chi connectivity index (χ4v) is 3.32. The summed E-state index contributed by atoms with van der Waals surface area (Å²) in [6.07, 6.45) is 1.58. The number of fused-ring (bicyclic) bond motifs is 1. The number of hydrogen-bond donors (Lipinski definition) is 1. The van der Waals surface area contributed by atoms with E-state index >= 15 is 0 Å². The van der Waals surface area contributed by atoms with Crippen molar-refractivity contribution < 1.29 is 8.94 Å². The first-order valence-electron chi connectivity index (χ1n) is 7.70. The van der Waals surface area contributed by atoms with E-state index in [-0.39, 0.29) is 0 Å². The number of thiazole rings is 1. The third kappa shape index (κ3) is 2.90. The van der Waals surface area contributed by atoms with Crippen LogP contribution in [0.5, 0.6) is 0 Å². The van der Waals surface area contributed by atoms with Gasteiger partial charge in [0.25, 0.3) is 0 Å². The Labute approximate surface area is 142 Å². The summed E-state index contributed by atoms with van der Waals surface area (Å²) in [6, 6.07) is 9.73. The minimum absolute atomic E-state index is 0.442. The fourth-order valence-electron chi connectivity index (χ4n) is 2.31. The summed E-state index contributed by atoms with van der Waals surface area (Å²) in [6.45, 7) is 4.77. The Bertz CT molecular complexity index is 956. The Balaban J connectivity index is 1.48. The quantitative estimate of drug-likeness (QED) is 0.568. The molecule has 3 heterocycles. The van der Waals surface area contributed by atoms with Gasteiger partial charge in [0.15, 0.2) is 5.76 Å². The summed E-state index contributed by atoms with van der Waals surface area (Å²) in [7, 11) is 0. The maximum absolute atomic E-state index is 5.25. The van der Waals surface area contributed by atoms with Crippen LogP contribution in [0.2, 0.25) is 0 Å². The van der Waals surface area contributed by atoms with Gasteiger partial charge in [-0.1, -0.05) is 19.0 Å². The van der Waals surface area contributed by atoms with Gasteiger partial charge in [0, 0.05) is 11.6 Å². The molecule has 0 aliphatic heterocycles. The molecule has 7 heteroatoms. The van der Waals surface area contributed by atoms with Crippen molar-refractivity contribution in [3.63, 3.8) is 0 Å². The Morgan fingerprint density at radius 1 is 1.21 bits per heavy atom. The fraction of sp³-hybridized carbons (Fsp3) is 0.235. The number of nitrogens with zero attached hydrogens (tertiary/aromatic N) is 3. The highest BCUT2D eigenvalue weighted by Gasteiger charge is 2.11. The predicted octanol–water partition coefficient (Wildman–Crippen LogP) is 4.67. The zero-order valence-electron chi connectivity index (χ0n) is 13.3. The van der Waals surface area contributed by atoms with E-state index in [2.05, 4.69) is 40.4 Å². The maximum atomic E-state index is 5.25. The lowest BCUT2D eigenvalue weighted by Crippen LogP contribution is -1.99. The van der Waals surface area contributed by atoms with E-state index in [1.165, 1.54) is 4.70 Å². The average Bonchev–Trinajstić information content (AvgIpc) is 3.30. The lowest BCUT2D eigenvalue weighted by atomic mass is 10.2. The smallest absolute Gasteiger partial charge is 0.246 e. The predicted molar refractivity (Wildman–Crippen MR) is 93.0 cm³/mol. The van der Waals surface area contributed by atoms with Gasteiger partial charge in [0.05, 0.1) is 28.0 Å². The largest absolute Gasteiger partial charge is 0.461 e. The van der Waals surface area contributed by atoms with Gasteiger partial charge in [0.1, 0.15) is 0 Å². The van der Waals surface area contributed by atoms with Crippen molar-refractivity contribution in [1.29, 1.82) is 0 Å². The molecule has 0 amide bonds. The molecule has 0 aliphatic carbocycles. The summed E-state index contributed by atoms with van der Waals surface area (Å²) in [5, 5.41) is 8.37. The molecule has 4 aromatic rings. The number of nitrogens with one attached hydrogen (secondary N) is 1. The van der Waals surface area contributed by atoms with Crippen molar-refractivity contribution in [2.45, 2.75) is 26.3 Å². The molecule has 0 atom stereocenters. The molecule has 24 heavy (non-hydrogen) atoms. The van der Waals surface area contributed by atoms with E-state index < -0.39 is 0 Å². The van der Waals surface area contributed by atoms with Crippen molar-refractivity contribution in [1.82, 2.24) is 15.1 Å². The molecular formula is C17H16N4O2S. The van der Waals surface area contributed by atoms with Crippen LogP contribution in [0.3, 0.4) is 0 Å². The second kappa shape index (κ2) is 6.09. The van der Waals surface area contributed by atoms with Gasteiger partial charge in [-0.25, -0.2) is 4.98 Å². The topological polar surface area (TPSA) is 77.0 Å². The van der Waals surface area contributed by atoms with Crippen molar-refractivity contribution in [2.75, 3.05) is 5.32 Å². The molecule has 0 bridgehead atoms. The van der Waals surface area contributed by atoms with Gasteiger partial charge < -0.3 is 14.3 Å². The minimum atomic E-state index is 0.442. The SMILES string of the molecule is CC(C)c1nc2ccc(NCc3nc(-c4ccco4)no3)cc2s1. The van der Waals surface area contributed by atoms with E-state index in [1.54, 1.807) is 29.7 Å². The monoisotopic (exact) mass is 340 g/mol. The molecule has 1 aromatic carbocycles. The standard InChI is InChI=1S/C17H16N4O2S/c1-10(2)17-19-12-6-5-11(8-14(12)24-17)18-9-15-20-16(21-23-15)13-4-3-7-22-13/h3-8,10,18H,9H2,1-2H3. The van der Waals surface area contributed by atoms with Crippen LogP contribution in [-0.2, 0) is 6.54 Å². The van der Waals surface area contributed by atoms with Gasteiger partial charge >= 0.3 is 0 Å². The van der Waals surface area contributed by atoms with Gasteiger partial charge in [-0.15, -0.1) is 11.3 Å². The van der Waals surface area contributed by atoms with Crippen LogP contribution in [0.15, 0.2) is 45.5 Å². The molecule has 4 rings (SSSR count). The Morgan fingerprint density at radius 2 is 2.12 bits per heavy atom. The molecule has 3 aromatic heterocycles. The number of benzene rings is 1. The first kappa shape index (κ1) is 14.9. The van der Waals surface area contributed by atoms with E-state index in [0.29, 0.717) is 29.9 Å².